The summed E-state index contributed by atoms with van der Waals surface area (Å²) in [4.78, 5) is 10.7. The minimum atomic E-state index is -0.696. The van der Waals surface area contributed by atoms with Crippen LogP contribution in [0.2, 0.25) is 0 Å². The summed E-state index contributed by atoms with van der Waals surface area (Å²) in [6.45, 7) is 2.13. The third-order valence-electron chi connectivity index (χ3n) is 2.42. The van der Waals surface area contributed by atoms with Crippen molar-refractivity contribution in [3.05, 3.63) is 11.1 Å². The van der Waals surface area contributed by atoms with Crippen LogP contribution in [0.3, 0.4) is 0 Å². The van der Waals surface area contributed by atoms with Gasteiger partial charge in [0.25, 0.3) is 0 Å². The molecular formula is C10H16O2. The van der Waals surface area contributed by atoms with Gasteiger partial charge in [-0.05, 0) is 32.1 Å². The van der Waals surface area contributed by atoms with Gasteiger partial charge in [0, 0.05) is 5.57 Å². The van der Waals surface area contributed by atoms with E-state index in [0.29, 0.717) is 5.57 Å². The number of unbranched alkanes of at least 4 members (excludes halogenated alkanes) is 1. The second-order valence-electron chi connectivity index (χ2n) is 3.34. The van der Waals surface area contributed by atoms with Crippen LogP contribution in [0.25, 0.3) is 0 Å². The average molecular weight is 168 g/mol. The van der Waals surface area contributed by atoms with Crippen LogP contribution in [-0.4, -0.2) is 11.1 Å². The van der Waals surface area contributed by atoms with Gasteiger partial charge in [0.1, 0.15) is 0 Å². The summed E-state index contributed by atoms with van der Waals surface area (Å²) in [5.74, 6) is -0.696. The highest BCUT2D eigenvalue weighted by molar-refractivity contribution is 5.88. The van der Waals surface area contributed by atoms with E-state index >= 15 is 0 Å². The number of allylic oxidation sites excluding steroid dienone is 1. The summed E-state index contributed by atoms with van der Waals surface area (Å²) in [6.07, 6.45) is 6.12. The molecule has 0 fully saturated rings. The molecule has 0 amide bonds. The molecule has 0 heterocycles. The van der Waals surface area contributed by atoms with Gasteiger partial charge in [0.05, 0.1) is 0 Å². The lowest BCUT2D eigenvalue weighted by molar-refractivity contribution is -0.132. The summed E-state index contributed by atoms with van der Waals surface area (Å²) < 4.78 is 0. The minimum absolute atomic E-state index is 0.696. The van der Waals surface area contributed by atoms with Crippen LogP contribution in [0, 0.1) is 0 Å². The van der Waals surface area contributed by atoms with Gasteiger partial charge in [-0.3, -0.25) is 0 Å². The van der Waals surface area contributed by atoms with E-state index < -0.39 is 5.97 Å². The van der Waals surface area contributed by atoms with Crippen LogP contribution in [0.5, 0.6) is 0 Å². The minimum Gasteiger partial charge on any atom is -0.478 e. The molecule has 2 heteroatoms. The van der Waals surface area contributed by atoms with Gasteiger partial charge in [-0.2, -0.15) is 0 Å². The Bertz CT molecular complexity index is 204. The van der Waals surface area contributed by atoms with Crippen LogP contribution >= 0.6 is 0 Å². The van der Waals surface area contributed by atoms with Crippen LogP contribution in [-0.2, 0) is 4.79 Å². The fourth-order valence-electron chi connectivity index (χ4n) is 1.73. The predicted molar refractivity (Wildman–Crippen MR) is 48.0 cm³/mol. The van der Waals surface area contributed by atoms with E-state index in [1.165, 1.54) is 5.57 Å². The Kier molecular flexibility index (Phi) is 3.32. The first-order chi connectivity index (χ1) is 5.75. The highest BCUT2D eigenvalue weighted by Gasteiger charge is 2.18. The quantitative estimate of drug-likeness (QED) is 0.700. The lowest BCUT2D eigenvalue weighted by atomic mass is 10.1. The van der Waals surface area contributed by atoms with Gasteiger partial charge in [0.15, 0.2) is 0 Å². The smallest absolute Gasteiger partial charge is 0.331 e. The van der Waals surface area contributed by atoms with Crippen molar-refractivity contribution in [3.63, 3.8) is 0 Å². The third kappa shape index (κ3) is 2.10. The first kappa shape index (κ1) is 9.30. The molecule has 0 unspecified atom stereocenters. The van der Waals surface area contributed by atoms with E-state index in [-0.39, 0.29) is 0 Å². The molecule has 0 spiro atoms. The van der Waals surface area contributed by atoms with Crippen molar-refractivity contribution in [2.75, 3.05) is 0 Å². The van der Waals surface area contributed by atoms with Gasteiger partial charge in [-0.15, -0.1) is 0 Å². The van der Waals surface area contributed by atoms with Crippen LogP contribution in [0.1, 0.15) is 45.4 Å². The van der Waals surface area contributed by atoms with E-state index in [0.717, 1.165) is 38.5 Å². The van der Waals surface area contributed by atoms with Gasteiger partial charge in [-0.1, -0.05) is 18.9 Å². The van der Waals surface area contributed by atoms with E-state index in [4.69, 9.17) is 5.11 Å². The molecular weight excluding hydrogens is 152 g/mol. The number of carboxylic acids is 1. The van der Waals surface area contributed by atoms with E-state index in [9.17, 15) is 4.79 Å². The summed E-state index contributed by atoms with van der Waals surface area (Å²) in [6, 6.07) is 0. The molecule has 1 aliphatic rings. The molecule has 0 saturated heterocycles. The molecule has 1 rings (SSSR count). The maximum absolute atomic E-state index is 10.7. The highest BCUT2D eigenvalue weighted by atomic mass is 16.4. The van der Waals surface area contributed by atoms with Gasteiger partial charge >= 0.3 is 5.97 Å². The maximum Gasteiger partial charge on any atom is 0.331 e. The molecule has 0 aromatic rings. The lowest BCUT2D eigenvalue weighted by Crippen LogP contribution is -1.99. The topological polar surface area (TPSA) is 37.3 Å². The average Bonchev–Trinajstić information content (AvgIpc) is 2.48. The van der Waals surface area contributed by atoms with Gasteiger partial charge in [0.2, 0.25) is 0 Å². The zero-order valence-corrected chi connectivity index (χ0v) is 7.60. The highest BCUT2D eigenvalue weighted by Crippen LogP contribution is 2.29. The Labute approximate surface area is 73.3 Å². The normalized spacial score (nSPS) is 17.1. The van der Waals surface area contributed by atoms with Gasteiger partial charge < -0.3 is 5.11 Å². The predicted octanol–water partition coefficient (Wildman–Crippen LogP) is 2.74. The maximum atomic E-state index is 10.7. The molecule has 1 aliphatic carbocycles. The lowest BCUT2D eigenvalue weighted by Gasteiger charge is -2.01. The molecule has 0 saturated carbocycles. The third-order valence-corrected chi connectivity index (χ3v) is 2.42. The summed E-state index contributed by atoms with van der Waals surface area (Å²) >= 11 is 0. The van der Waals surface area contributed by atoms with E-state index in [1.807, 2.05) is 0 Å². The van der Waals surface area contributed by atoms with Crippen molar-refractivity contribution in [1.82, 2.24) is 0 Å². The first-order valence-electron chi connectivity index (χ1n) is 4.70. The van der Waals surface area contributed by atoms with Crippen molar-refractivity contribution in [2.24, 2.45) is 0 Å². The summed E-state index contributed by atoms with van der Waals surface area (Å²) in [7, 11) is 0. The van der Waals surface area contributed by atoms with Crippen molar-refractivity contribution < 1.29 is 9.90 Å². The molecule has 0 aromatic carbocycles. The van der Waals surface area contributed by atoms with Crippen molar-refractivity contribution >= 4 is 5.97 Å². The Morgan fingerprint density at radius 3 is 2.83 bits per heavy atom. The molecule has 1 N–H and O–H groups in total. The largest absolute Gasteiger partial charge is 0.478 e. The molecule has 12 heavy (non-hydrogen) atoms. The Morgan fingerprint density at radius 2 is 2.25 bits per heavy atom. The van der Waals surface area contributed by atoms with Gasteiger partial charge in [-0.25, -0.2) is 4.79 Å². The molecule has 2 nitrogen and oxygen atoms in total. The fraction of sp³-hybridized carbons (Fsp3) is 0.700. The Hall–Kier alpha value is -0.790. The van der Waals surface area contributed by atoms with Crippen molar-refractivity contribution in [3.8, 4) is 0 Å². The summed E-state index contributed by atoms with van der Waals surface area (Å²) in [5.41, 5.74) is 1.90. The first-order valence-corrected chi connectivity index (χ1v) is 4.70. The SMILES string of the molecule is CCCCC1=C(C(=O)O)CCC1. The monoisotopic (exact) mass is 168 g/mol. The molecule has 68 valence electrons. The second-order valence-corrected chi connectivity index (χ2v) is 3.34. The zero-order valence-electron chi connectivity index (χ0n) is 7.60. The number of hydrogen-bond acceptors (Lipinski definition) is 1. The zero-order chi connectivity index (χ0) is 8.97. The molecule has 0 aromatic heterocycles. The summed E-state index contributed by atoms with van der Waals surface area (Å²) in [5, 5.41) is 8.83. The molecule has 0 atom stereocenters. The van der Waals surface area contributed by atoms with E-state index in [1.54, 1.807) is 0 Å². The number of rotatable bonds is 4. The standard InChI is InChI=1S/C10H16O2/c1-2-3-5-8-6-4-7-9(8)10(11)12/h2-7H2,1H3,(H,11,12). The van der Waals surface area contributed by atoms with Crippen LogP contribution in [0.4, 0.5) is 0 Å². The number of carboxylic acid groups (broad SMARTS) is 1. The molecule has 0 bridgehead atoms. The second kappa shape index (κ2) is 4.29. The Balaban J connectivity index is 2.57. The number of hydrogen-bond donors (Lipinski definition) is 1. The Morgan fingerprint density at radius 1 is 1.50 bits per heavy atom. The fourth-order valence-corrected chi connectivity index (χ4v) is 1.73. The van der Waals surface area contributed by atoms with Crippen molar-refractivity contribution in [1.29, 1.82) is 0 Å². The van der Waals surface area contributed by atoms with Crippen LogP contribution in [0.15, 0.2) is 11.1 Å². The molecule has 0 radical (unpaired) electrons. The van der Waals surface area contributed by atoms with Crippen LogP contribution < -0.4 is 0 Å². The van der Waals surface area contributed by atoms with Crippen molar-refractivity contribution in [2.45, 2.75) is 45.4 Å². The number of carbonyl (C=O) groups is 1. The van der Waals surface area contributed by atoms with E-state index in [2.05, 4.69) is 6.92 Å². The number of aliphatic carboxylic acids is 1. The molecule has 0 aliphatic heterocycles.